The van der Waals surface area contributed by atoms with Crippen molar-refractivity contribution in [2.45, 2.75) is 18.2 Å². The molecule has 0 radical (unpaired) electrons. The highest BCUT2D eigenvalue weighted by molar-refractivity contribution is 7.94. The highest BCUT2D eigenvalue weighted by Crippen LogP contribution is 2.25. The largest absolute Gasteiger partial charge is 0.296 e. The lowest BCUT2D eigenvalue weighted by atomic mass is 10.1. The summed E-state index contributed by atoms with van der Waals surface area (Å²) >= 11 is 6.56. The van der Waals surface area contributed by atoms with Gasteiger partial charge in [-0.1, -0.05) is 35.1 Å². The molecule has 0 spiro atoms. The number of nitrogens with zero attached hydrogens (tertiary/aromatic N) is 2. The van der Waals surface area contributed by atoms with Crippen LogP contribution in [0.5, 0.6) is 0 Å². The molecule has 0 saturated heterocycles. The highest BCUT2D eigenvalue weighted by atomic mass is 35.5. The fraction of sp³-hybridized carbons (Fsp3) is 0.118. The molecule has 3 rings (SSSR count). The lowest BCUT2D eigenvalue weighted by molar-refractivity contribution is 0.102. The van der Waals surface area contributed by atoms with Crippen molar-refractivity contribution in [1.29, 1.82) is 0 Å². The van der Waals surface area contributed by atoms with E-state index < -0.39 is 15.9 Å². The van der Waals surface area contributed by atoms with Crippen molar-refractivity contribution in [1.82, 2.24) is 10.2 Å². The number of aromatic nitrogens is 2. The summed E-state index contributed by atoms with van der Waals surface area (Å²) in [5, 5.41) is 10.5. The normalized spacial score (nSPS) is 11.2. The number of hydrogen-bond donors (Lipinski definition) is 2. The molecule has 2 N–H and O–H groups in total. The molecule has 0 aliphatic carbocycles. The van der Waals surface area contributed by atoms with Crippen LogP contribution in [0, 0.1) is 13.8 Å². The van der Waals surface area contributed by atoms with Gasteiger partial charge in [-0.2, -0.15) is 8.42 Å². The molecule has 0 aliphatic rings. The molecule has 1 amide bonds. The van der Waals surface area contributed by atoms with Crippen LogP contribution in [0.3, 0.4) is 0 Å². The number of anilines is 2. The third kappa shape index (κ3) is 4.44. The first-order valence-electron chi connectivity index (χ1n) is 7.76. The Labute approximate surface area is 165 Å². The third-order valence-corrected chi connectivity index (χ3v) is 6.64. The van der Waals surface area contributed by atoms with Gasteiger partial charge in [0.1, 0.15) is 0 Å². The number of nitrogens with one attached hydrogen (secondary N) is 2. The smallest absolute Gasteiger partial charge is 0.291 e. The van der Waals surface area contributed by atoms with Crippen molar-refractivity contribution in [3.63, 3.8) is 0 Å². The van der Waals surface area contributed by atoms with Gasteiger partial charge in [0.25, 0.3) is 20.3 Å². The summed E-state index contributed by atoms with van der Waals surface area (Å²) in [5.74, 6) is -0.436. The average Bonchev–Trinajstić information content (AvgIpc) is 3.09. The lowest BCUT2D eigenvalue weighted by Crippen LogP contribution is -2.13. The van der Waals surface area contributed by atoms with Crippen LogP contribution in [0.25, 0.3) is 0 Å². The van der Waals surface area contributed by atoms with Crippen molar-refractivity contribution in [3.05, 3.63) is 64.2 Å². The van der Waals surface area contributed by atoms with E-state index in [0.717, 1.165) is 22.5 Å². The van der Waals surface area contributed by atoms with Gasteiger partial charge in [-0.25, -0.2) is 0 Å². The van der Waals surface area contributed by atoms with E-state index >= 15 is 0 Å². The van der Waals surface area contributed by atoms with Crippen molar-refractivity contribution >= 4 is 49.7 Å². The second-order valence-electron chi connectivity index (χ2n) is 5.69. The molecule has 1 aromatic heterocycles. The van der Waals surface area contributed by atoms with Crippen LogP contribution in [-0.2, 0) is 10.0 Å². The standard InChI is InChI=1S/C17H15ClN4O3S2/c1-10-4-3-5-14(11(10)2)22-27(24,25)17-21-20-16(26-17)19-15(23)12-6-8-13(18)9-7-12/h3-9,22H,1-2H3,(H,19,20,23). The van der Waals surface area contributed by atoms with E-state index in [1.54, 1.807) is 36.4 Å². The van der Waals surface area contributed by atoms with Crippen molar-refractivity contribution < 1.29 is 13.2 Å². The van der Waals surface area contributed by atoms with Gasteiger partial charge in [-0.3, -0.25) is 14.8 Å². The summed E-state index contributed by atoms with van der Waals surface area (Å²) in [7, 11) is -3.91. The van der Waals surface area contributed by atoms with Crippen LogP contribution >= 0.6 is 22.9 Å². The van der Waals surface area contributed by atoms with Crippen LogP contribution < -0.4 is 10.0 Å². The summed E-state index contributed by atoms with van der Waals surface area (Å²) in [6.45, 7) is 3.72. The first-order valence-corrected chi connectivity index (χ1v) is 10.4. The number of sulfonamides is 1. The molecule has 140 valence electrons. The zero-order valence-corrected chi connectivity index (χ0v) is 16.7. The lowest BCUT2D eigenvalue weighted by Gasteiger charge is -2.10. The second-order valence-corrected chi connectivity index (χ2v) is 8.96. The molecular weight excluding hydrogens is 408 g/mol. The molecule has 0 fully saturated rings. The van der Waals surface area contributed by atoms with E-state index in [1.807, 2.05) is 19.9 Å². The molecule has 0 bridgehead atoms. The van der Waals surface area contributed by atoms with E-state index in [-0.39, 0.29) is 9.47 Å². The summed E-state index contributed by atoms with van der Waals surface area (Å²) in [6.07, 6.45) is 0. The van der Waals surface area contributed by atoms with Gasteiger partial charge < -0.3 is 0 Å². The molecule has 7 nitrogen and oxygen atoms in total. The van der Waals surface area contributed by atoms with E-state index in [2.05, 4.69) is 20.2 Å². The van der Waals surface area contributed by atoms with Gasteiger partial charge >= 0.3 is 0 Å². The van der Waals surface area contributed by atoms with Gasteiger partial charge in [0.2, 0.25) is 5.13 Å². The summed E-state index contributed by atoms with van der Waals surface area (Å²) < 4.78 is 27.3. The minimum atomic E-state index is -3.91. The predicted molar refractivity (Wildman–Crippen MR) is 106 cm³/mol. The SMILES string of the molecule is Cc1cccc(NS(=O)(=O)c2nnc(NC(=O)c3ccc(Cl)cc3)s2)c1C. The quantitative estimate of drug-likeness (QED) is 0.608. The van der Waals surface area contributed by atoms with Gasteiger partial charge in [0, 0.05) is 10.6 Å². The Hall–Kier alpha value is -2.49. The van der Waals surface area contributed by atoms with Crippen LogP contribution in [0.4, 0.5) is 10.8 Å². The van der Waals surface area contributed by atoms with Crippen molar-refractivity contribution in [3.8, 4) is 0 Å². The minimum Gasteiger partial charge on any atom is -0.296 e. The first-order chi connectivity index (χ1) is 12.8. The fourth-order valence-electron chi connectivity index (χ4n) is 2.19. The summed E-state index contributed by atoms with van der Waals surface area (Å²) in [6, 6.07) is 11.6. The van der Waals surface area contributed by atoms with Crippen LogP contribution in [0.1, 0.15) is 21.5 Å². The average molecular weight is 423 g/mol. The first kappa shape index (κ1) is 19.3. The van der Waals surface area contributed by atoms with Gasteiger partial charge in [0.05, 0.1) is 5.69 Å². The number of carbonyl (C=O) groups excluding carboxylic acids is 1. The Morgan fingerprint density at radius 1 is 1.07 bits per heavy atom. The number of amides is 1. The molecule has 3 aromatic rings. The highest BCUT2D eigenvalue weighted by Gasteiger charge is 2.22. The maximum absolute atomic E-state index is 12.5. The third-order valence-electron chi connectivity index (χ3n) is 3.81. The van der Waals surface area contributed by atoms with E-state index in [4.69, 9.17) is 11.6 Å². The Balaban J connectivity index is 1.77. The van der Waals surface area contributed by atoms with E-state index in [9.17, 15) is 13.2 Å². The van der Waals surface area contributed by atoms with E-state index in [0.29, 0.717) is 16.3 Å². The number of hydrogen-bond acceptors (Lipinski definition) is 6. The molecule has 1 heterocycles. The predicted octanol–water partition coefficient (Wildman–Crippen LogP) is 3.86. The van der Waals surface area contributed by atoms with E-state index in [1.165, 1.54) is 0 Å². The molecule has 0 atom stereocenters. The topological polar surface area (TPSA) is 101 Å². The van der Waals surface area contributed by atoms with Crippen LogP contribution in [-0.4, -0.2) is 24.5 Å². The Morgan fingerprint density at radius 3 is 2.48 bits per heavy atom. The maximum Gasteiger partial charge on any atom is 0.291 e. The molecule has 0 aliphatic heterocycles. The van der Waals surface area contributed by atoms with Crippen LogP contribution in [0.15, 0.2) is 46.8 Å². The monoisotopic (exact) mass is 422 g/mol. The van der Waals surface area contributed by atoms with Gasteiger partial charge in [-0.05, 0) is 55.3 Å². The minimum absolute atomic E-state index is 0.0799. The molecule has 2 aromatic carbocycles. The summed E-state index contributed by atoms with van der Waals surface area (Å²) in [5.41, 5.74) is 2.62. The van der Waals surface area contributed by atoms with Crippen LogP contribution in [0.2, 0.25) is 5.02 Å². The van der Waals surface area contributed by atoms with Crippen molar-refractivity contribution in [2.75, 3.05) is 10.0 Å². The zero-order valence-electron chi connectivity index (χ0n) is 14.4. The Kier molecular flexibility index (Phi) is 5.45. The second kappa shape index (κ2) is 7.63. The fourth-order valence-corrected chi connectivity index (χ4v) is 4.33. The number of halogens is 1. The van der Waals surface area contributed by atoms with Gasteiger partial charge in [0.15, 0.2) is 0 Å². The summed E-state index contributed by atoms with van der Waals surface area (Å²) in [4.78, 5) is 12.2. The molecule has 0 unspecified atom stereocenters. The zero-order chi connectivity index (χ0) is 19.6. The van der Waals surface area contributed by atoms with Gasteiger partial charge in [-0.15, -0.1) is 10.2 Å². The molecule has 10 heteroatoms. The number of aryl methyl sites for hydroxylation is 1. The number of carbonyl (C=O) groups is 1. The Bertz CT molecular complexity index is 1100. The molecule has 0 saturated carbocycles. The molecular formula is C17H15ClN4O3S2. The maximum atomic E-state index is 12.5. The Morgan fingerprint density at radius 2 is 1.78 bits per heavy atom. The molecule has 27 heavy (non-hydrogen) atoms. The number of rotatable bonds is 5. The van der Waals surface area contributed by atoms with Crippen molar-refractivity contribution in [2.24, 2.45) is 0 Å². The number of benzene rings is 2.